The fourth-order valence-electron chi connectivity index (χ4n) is 3.49. The second kappa shape index (κ2) is 6.24. The maximum absolute atomic E-state index is 12.2. The number of rotatable bonds is 4. The molecule has 1 aromatic carbocycles. The summed E-state index contributed by atoms with van der Waals surface area (Å²) in [6.07, 6.45) is 2.58. The van der Waals surface area contributed by atoms with E-state index in [4.69, 9.17) is 4.98 Å². The molecule has 0 amide bonds. The van der Waals surface area contributed by atoms with Gasteiger partial charge in [-0.15, -0.1) is 0 Å². The molecule has 1 aliphatic rings. The van der Waals surface area contributed by atoms with Crippen LogP contribution in [0.5, 0.6) is 0 Å². The molecule has 0 saturated carbocycles. The summed E-state index contributed by atoms with van der Waals surface area (Å²) in [7, 11) is 0. The normalized spacial score (nSPS) is 14.9. The lowest BCUT2D eigenvalue weighted by molar-refractivity contribution is 0.238. The summed E-state index contributed by atoms with van der Waals surface area (Å²) < 4.78 is 0. The van der Waals surface area contributed by atoms with Crippen LogP contribution in [0.4, 0.5) is 0 Å². The number of aromatic nitrogens is 3. The molecule has 0 radical (unpaired) electrons. The average molecular weight is 322 g/mol. The number of aromatic amines is 2. The zero-order valence-corrected chi connectivity index (χ0v) is 13.9. The van der Waals surface area contributed by atoms with E-state index in [-0.39, 0.29) is 5.56 Å². The topological polar surface area (TPSA) is 64.8 Å². The molecule has 0 saturated heterocycles. The summed E-state index contributed by atoms with van der Waals surface area (Å²) in [5.41, 5.74) is 4.24. The van der Waals surface area contributed by atoms with Crippen molar-refractivity contribution in [3.8, 4) is 0 Å². The van der Waals surface area contributed by atoms with Crippen LogP contribution in [0.25, 0.3) is 10.9 Å². The summed E-state index contributed by atoms with van der Waals surface area (Å²) in [5.74, 6) is 0.814. The van der Waals surface area contributed by atoms with Crippen LogP contribution in [0.3, 0.4) is 0 Å². The smallest absolute Gasteiger partial charge is 0.254 e. The summed E-state index contributed by atoms with van der Waals surface area (Å²) in [5, 5.41) is 1.24. The van der Waals surface area contributed by atoms with Gasteiger partial charge in [0.1, 0.15) is 5.82 Å². The zero-order valence-electron chi connectivity index (χ0n) is 13.9. The lowest BCUT2D eigenvalue weighted by Gasteiger charge is -2.27. The second-order valence-corrected chi connectivity index (χ2v) is 6.53. The fourth-order valence-corrected chi connectivity index (χ4v) is 3.49. The molecule has 4 rings (SSSR count). The number of nitrogens with one attached hydrogen (secondary N) is 2. The van der Waals surface area contributed by atoms with Crippen LogP contribution in [0.15, 0.2) is 35.1 Å². The van der Waals surface area contributed by atoms with E-state index >= 15 is 0 Å². The Kier molecular flexibility index (Phi) is 3.94. The van der Waals surface area contributed by atoms with E-state index in [0.29, 0.717) is 0 Å². The van der Waals surface area contributed by atoms with Crippen molar-refractivity contribution in [3.63, 3.8) is 0 Å². The zero-order chi connectivity index (χ0) is 16.5. The predicted octanol–water partition coefficient (Wildman–Crippen LogP) is 2.76. The summed E-state index contributed by atoms with van der Waals surface area (Å²) >= 11 is 0. The number of H-pyrrole nitrogens is 2. The van der Waals surface area contributed by atoms with E-state index in [9.17, 15) is 4.79 Å². The lowest BCUT2D eigenvalue weighted by atomic mass is 10.1. The van der Waals surface area contributed by atoms with E-state index in [1.807, 2.05) is 6.07 Å². The van der Waals surface area contributed by atoms with Crippen LogP contribution < -0.4 is 5.56 Å². The Morgan fingerprint density at radius 1 is 1.25 bits per heavy atom. The maximum atomic E-state index is 12.2. The average Bonchev–Trinajstić information content (AvgIpc) is 2.97. The number of aryl methyl sites for hydroxylation is 1. The van der Waals surface area contributed by atoms with Gasteiger partial charge in [0.15, 0.2) is 0 Å². The largest absolute Gasteiger partial charge is 0.357 e. The van der Waals surface area contributed by atoms with Crippen LogP contribution >= 0.6 is 0 Å². The van der Waals surface area contributed by atoms with Gasteiger partial charge in [-0.1, -0.05) is 25.1 Å². The maximum Gasteiger partial charge on any atom is 0.254 e. The summed E-state index contributed by atoms with van der Waals surface area (Å²) in [6.45, 7) is 4.58. The summed E-state index contributed by atoms with van der Waals surface area (Å²) in [4.78, 5) is 25.7. The molecule has 0 aliphatic carbocycles. The lowest BCUT2D eigenvalue weighted by Crippen LogP contribution is -2.35. The molecular formula is C19H22N4O. The molecule has 0 spiro atoms. The number of hydrogen-bond acceptors (Lipinski definition) is 3. The van der Waals surface area contributed by atoms with Gasteiger partial charge in [0.05, 0.1) is 5.69 Å². The molecule has 0 bridgehead atoms. The standard InChI is InChI=1S/C19H22N4O/c1-2-5-18-21-17-12-23(9-8-15(17)19(24)22-18)11-14-10-13-6-3-4-7-16(13)20-14/h3-4,6-7,10,20H,2,5,8-9,11-12H2,1H3,(H,21,22,24). The van der Waals surface area contributed by atoms with Crippen LogP contribution in [-0.4, -0.2) is 26.4 Å². The van der Waals surface area contributed by atoms with E-state index in [2.05, 4.69) is 46.1 Å². The van der Waals surface area contributed by atoms with Crippen molar-refractivity contribution in [2.24, 2.45) is 0 Å². The Balaban J connectivity index is 1.56. The minimum atomic E-state index is 0.0497. The fraction of sp³-hybridized carbons (Fsp3) is 0.368. The first-order chi connectivity index (χ1) is 11.7. The first-order valence-electron chi connectivity index (χ1n) is 8.63. The van der Waals surface area contributed by atoms with Crippen LogP contribution in [-0.2, 0) is 25.9 Å². The minimum Gasteiger partial charge on any atom is -0.357 e. The number of fused-ring (bicyclic) bond motifs is 2. The van der Waals surface area contributed by atoms with Crippen molar-refractivity contribution in [1.82, 2.24) is 19.9 Å². The molecule has 0 unspecified atom stereocenters. The van der Waals surface area contributed by atoms with Gasteiger partial charge >= 0.3 is 0 Å². The molecule has 124 valence electrons. The van der Waals surface area contributed by atoms with Gasteiger partial charge in [-0.25, -0.2) is 4.98 Å². The Hall–Kier alpha value is -2.40. The Bertz CT molecular complexity index is 892. The van der Waals surface area contributed by atoms with Crippen molar-refractivity contribution < 1.29 is 0 Å². The van der Waals surface area contributed by atoms with Gasteiger partial charge in [-0.2, -0.15) is 0 Å². The van der Waals surface area contributed by atoms with Gasteiger partial charge in [-0.3, -0.25) is 9.69 Å². The van der Waals surface area contributed by atoms with Gasteiger partial charge in [0.2, 0.25) is 0 Å². The highest BCUT2D eigenvalue weighted by Crippen LogP contribution is 2.19. The Morgan fingerprint density at radius 2 is 2.12 bits per heavy atom. The predicted molar refractivity (Wildman–Crippen MR) is 95.0 cm³/mol. The third-order valence-electron chi connectivity index (χ3n) is 4.67. The third-order valence-corrected chi connectivity index (χ3v) is 4.67. The monoisotopic (exact) mass is 322 g/mol. The first kappa shape index (κ1) is 15.1. The van der Waals surface area contributed by atoms with E-state index < -0.39 is 0 Å². The molecule has 3 aromatic rings. The Morgan fingerprint density at radius 3 is 2.96 bits per heavy atom. The minimum absolute atomic E-state index is 0.0497. The molecule has 0 atom stereocenters. The highest BCUT2D eigenvalue weighted by molar-refractivity contribution is 5.80. The quantitative estimate of drug-likeness (QED) is 0.776. The second-order valence-electron chi connectivity index (χ2n) is 6.53. The van der Waals surface area contributed by atoms with E-state index in [0.717, 1.165) is 56.0 Å². The molecule has 3 heterocycles. The number of benzene rings is 1. The van der Waals surface area contributed by atoms with Gasteiger partial charge in [0.25, 0.3) is 5.56 Å². The van der Waals surface area contributed by atoms with Crippen LogP contribution in [0.1, 0.15) is 36.1 Å². The molecule has 1 aliphatic heterocycles. The first-order valence-corrected chi connectivity index (χ1v) is 8.63. The molecule has 2 aromatic heterocycles. The summed E-state index contributed by atoms with van der Waals surface area (Å²) in [6, 6.07) is 10.5. The molecule has 5 heteroatoms. The van der Waals surface area contributed by atoms with Crippen molar-refractivity contribution in [3.05, 3.63) is 63.5 Å². The van der Waals surface area contributed by atoms with E-state index in [1.165, 1.54) is 16.6 Å². The SMILES string of the molecule is CCCc1nc2c(c(=O)[nH]1)CCN(Cc1cc3ccccc3[nH]1)C2. The molecular weight excluding hydrogens is 300 g/mol. The van der Waals surface area contributed by atoms with Gasteiger partial charge in [0, 0.05) is 42.8 Å². The van der Waals surface area contributed by atoms with Crippen molar-refractivity contribution >= 4 is 10.9 Å². The van der Waals surface area contributed by atoms with Gasteiger partial charge in [-0.05, 0) is 30.4 Å². The molecule has 5 nitrogen and oxygen atoms in total. The van der Waals surface area contributed by atoms with Crippen LogP contribution in [0.2, 0.25) is 0 Å². The molecule has 0 fully saturated rings. The highest BCUT2D eigenvalue weighted by Gasteiger charge is 2.21. The molecule has 2 N–H and O–H groups in total. The highest BCUT2D eigenvalue weighted by atomic mass is 16.1. The molecule has 24 heavy (non-hydrogen) atoms. The van der Waals surface area contributed by atoms with Gasteiger partial charge < -0.3 is 9.97 Å². The van der Waals surface area contributed by atoms with E-state index in [1.54, 1.807) is 0 Å². The number of hydrogen-bond donors (Lipinski definition) is 2. The number of para-hydroxylation sites is 1. The van der Waals surface area contributed by atoms with Crippen molar-refractivity contribution in [2.45, 2.75) is 39.3 Å². The van der Waals surface area contributed by atoms with Crippen molar-refractivity contribution in [1.29, 1.82) is 0 Å². The van der Waals surface area contributed by atoms with Crippen molar-refractivity contribution in [2.75, 3.05) is 6.54 Å². The Labute approximate surface area is 140 Å². The van der Waals surface area contributed by atoms with Crippen LogP contribution in [0, 0.1) is 0 Å². The number of nitrogens with zero attached hydrogens (tertiary/aromatic N) is 2. The third kappa shape index (κ3) is 2.87.